The molecule has 0 fully saturated rings. The average Bonchev–Trinajstić information content (AvgIpc) is 3.07. The Morgan fingerprint density at radius 1 is 1.00 bits per heavy atom. The van der Waals surface area contributed by atoms with Crippen LogP contribution in [0.1, 0.15) is 0 Å². The number of rotatable bonds is 4. The SMILES string of the molecule is O=[As](O)(O)c1ccc(Nc2ncnc3scc(-c4ccc(Cl)cc4)c23)cc1. The first-order valence-electron chi connectivity index (χ1n) is 7.83. The number of fused-ring (bicyclic) bond motifs is 1. The van der Waals surface area contributed by atoms with Gasteiger partial charge in [-0.3, -0.25) is 0 Å². The molecule has 2 aromatic carbocycles. The van der Waals surface area contributed by atoms with Crippen molar-refractivity contribution in [3.63, 3.8) is 0 Å². The summed E-state index contributed by atoms with van der Waals surface area (Å²) in [6.07, 6.45) is 1.49. The average molecular weight is 462 g/mol. The van der Waals surface area contributed by atoms with Gasteiger partial charge in [0, 0.05) is 0 Å². The number of anilines is 2. The molecule has 136 valence electrons. The van der Waals surface area contributed by atoms with E-state index in [-0.39, 0.29) is 4.35 Å². The molecule has 0 unspecified atom stereocenters. The third-order valence-corrected chi connectivity index (χ3v) is 7.17. The molecule has 4 aromatic rings. The normalized spacial score (nSPS) is 11.7. The summed E-state index contributed by atoms with van der Waals surface area (Å²) in [5.74, 6) is 0.625. The van der Waals surface area contributed by atoms with Crippen LogP contribution in [0.25, 0.3) is 21.3 Å². The van der Waals surface area contributed by atoms with Crippen LogP contribution in [0.2, 0.25) is 5.02 Å². The molecule has 0 amide bonds. The Bertz CT molecular complexity index is 1160. The minimum atomic E-state index is -4.89. The van der Waals surface area contributed by atoms with E-state index in [1.165, 1.54) is 29.8 Å². The minimum absolute atomic E-state index is 0.0314. The van der Waals surface area contributed by atoms with Crippen molar-refractivity contribution >= 4 is 63.2 Å². The van der Waals surface area contributed by atoms with Gasteiger partial charge in [0.2, 0.25) is 0 Å². The fraction of sp³-hybridized carbons (Fsp3) is 0. The summed E-state index contributed by atoms with van der Waals surface area (Å²) in [6, 6.07) is 13.6. The van der Waals surface area contributed by atoms with Gasteiger partial charge in [0.1, 0.15) is 0 Å². The van der Waals surface area contributed by atoms with Crippen LogP contribution >= 0.6 is 22.9 Å². The molecule has 0 aliphatic carbocycles. The van der Waals surface area contributed by atoms with Gasteiger partial charge < -0.3 is 0 Å². The van der Waals surface area contributed by atoms with Crippen molar-refractivity contribution in [1.82, 2.24) is 9.97 Å². The van der Waals surface area contributed by atoms with Gasteiger partial charge in [-0.25, -0.2) is 0 Å². The number of benzene rings is 2. The maximum atomic E-state index is 11.4. The van der Waals surface area contributed by atoms with Gasteiger partial charge in [0.05, 0.1) is 0 Å². The number of thiophene rings is 1. The molecule has 2 aromatic heterocycles. The molecule has 6 nitrogen and oxygen atoms in total. The first-order valence-corrected chi connectivity index (χ1v) is 12.5. The van der Waals surface area contributed by atoms with Crippen LogP contribution in [0, 0.1) is 0 Å². The monoisotopic (exact) mass is 461 g/mol. The number of aromatic nitrogens is 2. The number of nitrogens with one attached hydrogen (secondary N) is 1. The second kappa shape index (κ2) is 7.11. The van der Waals surface area contributed by atoms with E-state index in [1.807, 2.05) is 29.6 Å². The Kier molecular flexibility index (Phi) is 4.80. The van der Waals surface area contributed by atoms with Gasteiger partial charge in [0.25, 0.3) is 0 Å². The Labute approximate surface area is 166 Å². The van der Waals surface area contributed by atoms with Crippen molar-refractivity contribution < 1.29 is 11.9 Å². The third-order valence-electron chi connectivity index (χ3n) is 3.99. The summed E-state index contributed by atoms with van der Waals surface area (Å²) < 4.78 is 30.0. The molecule has 9 heteroatoms. The van der Waals surface area contributed by atoms with E-state index in [1.54, 1.807) is 12.1 Å². The third kappa shape index (κ3) is 3.78. The van der Waals surface area contributed by atoms with E-state index in [4.69, 9.17) is 11.6 Å². The van der Waals surface area contributed by atoms with Crippen molar-refractivity contribution in [3.05, 3.63) is 65.3 Å². The zero-order chi connectivity index (χ0) is 19.0. The first kappa shape index (κ1) is 18.2. The predicted octanol–water partition coefficient (Wildman–Crippen LogP) is 3.32. The molecule has 0 spiro atoms. The van der Waals surface area contributed by atoms with Crippen LogP contribution in [0.4, 0.5) is 11.5 Å². The molecule has 3 N–H and O–H groups in total. The first-order chi connectivity index (χ1) is 12.9. The number of hydrogen-bond donors (Lipinski definition) is 3. The fourth-order valence-electron chi connectivity index (χ4n) is 2.69. The molecule has 0 aliphatic heterocycles. The molecular formula is C18H13AsClN3O3S. The Balaban J connectivity index is 1.75. The summed E-state index contributed by atoms with van der Waals surface area (Å²) in [5.41, 5.74) is 2.67. The molecule has 0 bridgehead atoms. The van der Waals surface area contributed by atoms with Gasteiger partial charge >= 0.3 is 155 Å². The van der Waals surface area contributed by atoms with E-state index in [0.29, 0.717) is 16.5 Å². The number of nitrogens with zero attached hydrogens (tertiary/aromatic N) is 2. The van der Waals surface area contributed by atoms with Crippen molar-refractivity contribution in [3.8, 4) is 11.1 Å². The molecule has 0 saturated carbocycles. The van der Waals surface area contributed by atoms with Gasteiger partial charge in [0.15, 0.2) is 0 Å². The standard InChI is InChI=1S/C18H13AsClN3O3S/c20-13-5-1-11(2-6-13)15-9-27-18-16(15)17(21-10-22-18)23-14-7-3-12(4-8-14)19(24,25)26/h1-10H,(H,21,22,23)(H2,24,25,26). The predicted molar refractivity (Wildman–Crippen MR) is 108 cm³/mol. The molecule has 0 radical (unpaired) electrons. The molecule has 2 heterocycles. The summed E-state index contributed by atoms with van der Waals surface area (Å²) >= 11 is 2.61. The van der Waals surface area contributed by atoms with Crippen LogP contribution in [0.5, 0.6) is 0 Å². The summed E-state index contributed by atoms with van der Waals surface area (Å²) in [6.45, 7) is 0. The number of hydrogen-bond acceptors (Lipinski definition) is 5. The maximum absolute atomic E-state index is 11.4. The number of halogens is 1. The summed E-state index contributed by atoms with van der Waals surface area (Å²) in [5, 5.41) is 6.79. The van der Waals surface area contributed by atoms with E-state index in [2.05, 4.69) is 15.3 Å². The van der Waals surface area contributed by atoms with Crippen LogP contribution in [-0.2, 0) is 3.74 Å². The summed E-state index contributed by atoms with van der Waals surface area (Å²) in [7, 11) is 0. The topological polar surface area (TPSA) is 95.3 Å². The van der Waals surface area contributed by atoms with Crippen LogP contribution in [0.15, 0.2) is 60.2 Å². The Morgan fingerprint density at radius 3 is 2.37 bits per heavy atom. The molecular weight excluding hydrogens is 449 g/mol. The fourth-order valence-corrected chi connectivity index (χ4v) is 4.86. The van der Waals surface area contributed by atoms with E-state index in [0.717, 1.165) is 21.3 Å². The van der Waals surface area contributed by atoms with E-state index in [9.17, 15) is 11.9 Å². The van der Waals surface area contributed by atoms with Crippen LogP contribution in [-0.4, -0.2) is 32.3 Å². The zero-order valence-corrected chi connectivity index (χ0v) is 17.2. The molecule has 4 rings (SSSR count). The van der Waals surface area contributed by atoms with Crippen molar-refractivity contribution in [2.45, 2.75) is 0 Å². The Hall–Kier alpha value is -2.15. The molecule has 0 atom stereocenters. The summed E-state index contributed by atoms with van der Waals surface area (Å²) in [4.78, 5) is 9.53. The van der Waals surface area contributed by atoms with Crippen molar-refractivity contribution in [1.29, 1.82) is 0 Å². The van der Waals surface area contributed by atoms with E-state index < -0.39 is 14.2 Å². The van der Waals surface area contributed by atoms with Crippen molar-refractivity contribution in [2.75, 3.05) is 5.32 Å². The zero-order valence-electron chi connectivity index (χ0n) is 13.7. The van der Waals surface area contributed by atoms with Gasteiger partial charge in [-0.1, -0.05) is 11.6 Å². The van der Waals surface area contributed by atoms with Gasteiger partial charge in [-0.15, -0.1) is 0 Å². The van der Waals surface area contributed by atoms with Crippen LogP contribution < -0.4 is 9.67 Å². The van der Waals surface area contributed by atoms with E-state index >= 15 is 0 Å². The van der Waals surface area contributed by atoms with Crippen molar-refractivity contribution in [2.24, 2.45) is 0 Å². The second-order valence-corrected chi connectivity index (χ2v) is 10.4. The Morgan fingerprint density at radius 2 is 1.70 bits per heavy atom. The van der Waals surface area contributed by atoms with Gasteiger partial charge in [-0.2, -0.15) is 0 Å². The second-order valence-electron chi connectivity index (χ2n) is 5.77. The van der Waals surface area contributed by atoms with Gasteiger partial charge in [-0.05, 0) is 0 Å². The quantitative estimate of drug-likeness (QED) is 0.404. The molecule has 0 aliphatic rings. The molecule has 0 saturated heterocycles. The van der Waals surface area contributed by atoms with Crippen LogP contribution in [0.3, 0.4) is 0 Å². The molecule has 27 heavy (non-hydrogen) atoms.